The molecule has 6 heteroatoms. The Kier molecular flexibility index (Phi) is 9.87. The van der Waals surface area contributed by atoms with Crippen molar-refractivity contribution < 1.29 is 28.9 Å². The molecule has 2 fully saturated rings. The van der Waals surface area contributed by atoms with E-state index < -0.39 is 17.2 Å². The molecule has 240 valence electrons. The number of esters is 2. The maximum atomic E-state index is 12.6. The molecule has 6 nitrogen and oxygen atoms in total. The van der Waals surface area contributed by atoms with Gasteiger partial charge in [0.05, 0.1) is 17.3 Å². The van der Waals surface area contributed by atoms with E-state index in [1.54, 1.807) is 12.2 Å². The molecule has 2 saturated heterocycles. The highest BCUT2D eigenvalue weighted by Crippen LogP contribution is 2.60. The fourth-order valence-electron chi connectivity index (χ4n) is 7.37. The van der Waals surface area contributed by atoms with Crippen LogP contribution in [0.2, 0.25) is 0 Å². The van der Waals surface area contributed by atoms with E-state index in [-0.39, 0.29) is 29.0 Å². The van der Waals surface area contributed by atoms with E-state index in [0.717, 1.165) is 36.0 Å². The van der Waals surface area contributed by atoms with Crippen LogP contribution in [0.25, 0.3) is 0 Å². The number of allylic oxidation sites excluding steroid dienone is 11. The zero-order valence-electron chi connectivity index (χ0n) is 28.2. The monoisotopic (exact) mass is 612 g/mol. The summed E-state index contributed by atoms with van der Waals surface area (Å²) in [4.78, 5) is 24.0. The topological polar surface area (TPSA) is 82.1 Å². The summed E-state index contributed by atoms with van der Waals surface area (Å²) in [5, 5.41) is 11.1. The third kappa shape index (κ3) is 7.60. The molecule has 4 rings (SSSR count). The van der Waals surface area contributed by atoms with Gasteiger partial charge in [0.2, 0.25) is 0 Å². The van der Waals surface area contributed by atoms with Gasteiger partial charge in [0.15, 0.2) is 0 Å². The zero-order chi connectivity index (χ0) is 33.2. The highest BCUT2D eigenvalue weighted by Gasteiger charge is 2.67. The molecule has 45 heavy (non-hydrogen) atoms. The Morgan fingerprint density at radius 3 is 2.33 bits per heavy atom. The molecule has 0 amide bonds. The standard InChI is InChI=1S/C39H48O6/c1-26(16-17-34-28(3)21-32(43-29(4)40)23-36(34,5)6)14-12-10-11-13-15-27(2)20-31-22-30(35(41)44-31)18-19-39-37(7,8)24-33(45-39)25-38(39,9)42/h10-15,18-20,22,32-33,42H,21,23-25H2,1-9H3/b12-10+,13-11+,19-18+,26-14+,27-15+,31-20-/t32-,33+,38-,39-/m1/s1. The van der Waals surface area contributed by atoms with Gasteiger partial charge in [-0.05, 0) is 76.0 Å². The number of fused-ring (bicyclic) bond motifs is 2. The number of carbonyl (C=O) groups excluding carboxylic acids is 2. The fraction of sp³-hybridized carbons (Fsp3) is 0.487. The number of rotatable bonds is 7. The van der Waals surface area contributed by atoms with E-state index in [1.807, 2.05) is 69.4 Å². The van der Waals surface area contributed by atoms with Gasteiger partial charge in [-0.2, -0.15) is 0 Å². The van der Waals surface area contributed by atoms with Crippen LogP contribution in [0.3, 0.4) is 0 Å². The number of hydrogen-bond donors (Lipinski definition) is 1. The summed E-state index contributed by atoms with van der Waals surface area (Å²) >= 11 is 0. The van der Waals surface area contributed by atoms with Crippen molar-refractivity contribution in [3.8, 4) is 11.8 Å². The molecule has 3 heterocycles. The average Bonchev–Trinajstić information content (AvgIpc) is 3.46. The molecule has 4 atom stereocenters. The third-order valence-electron chi connectivity index (χ3n) is 9.26. The lowest BCUT2D eigenvalue weighted by Gasteiger charge is -2.46. The van der Waals surface area contributed by atoms with Crippen LogP contribution < -0.4 is 0 Å². The Hall–Kier alpha value is -3.66. The van der Waals surface area contributed by atoms with Gasteiger partial charge in [0, 0.05) is 36.2 Å². The molecule has 1 aliphatic carbocycles. The minimum Gasteiger partial charge on any atom is -0.462 e. The Morgan fingerprint density at radius 2 is 1.71 bits per heavy atom. The molecule has 0 radical (unpaired) electrons. The van der Waals surface area contributed by atoms with Crippen molar-refractivity contribution >= 4 is 11.9 Å². The van der Waals surface area contributed by atoms with E-state index in [2.05, 4.69) is 46.5 Å². The summed E-state index contributed by atoms with van der Waals surface area (Å²) in [6, 6.07) is 0. The van der Waals surface area contributed by atoms with Crippen molar-refractivity contribution in [3.05, 3.63) is 94.4 Å². The highest BCUT2D eigenvalue weighted by atomic mass is 16.6. The van der Waals surface area contributed by atoms with Crippen LogP contribution in [0.5, 0.6) is 0 Å². The number of hydrogen-bond acceptors (Lipinski definition) is 6. The van der Waals surface area contributed by atoms with Crippen molar-refractivity contribution in [2.45, 2.75) is 111 Å². The molecule has 0 aromatic heterocycles. The smallest absolute Gasteiger partial charge is 0.343 e. The maximum absolute atomic E-state index is 12.6. The van der Waals surface area contributed by atoms with Gasteiger partial charge in [-0.1, -0.05) is 81.6 Å². The molecular weight excluding hydrogens is 564 g/mol. The molecule has 0 aromatic rings. The largest absolute Gasteiger partial charge is 0.462 e. The highest BCUT2D eigenvalue weighted by molar-refractivity contribution is 5.95. The maximum Gasteiger partial charge on any atom is 0.343 e. The predicted molar refractivity (Wildman–Crippen MR) is 177 cm³/mol. The van der Waals surface area contributed by atoms with E-state index in [4.69, 9.17) is 14.2 Å². The first-order valence-electron chi connectivity index (χ1n) is 15.8. The Labute approximate surface area is 269 Å². The molecule has 3 aliphatic heterocycles. The minimum absolute atomic E-state index is 0.0238. The van der Waals surface area contributed by atoms with Crippen molar-refractivity contribution in [3.63, 3.8) is 0 Å². The van der Waals surface area contributed by atoms with Crippen molar-refractivity contribution in [2.75, 3.05) is 0 Å². The Bertz CT molecular complexity index is 1520. The lowest BCUT2D eigenvalue weighted by Crippen LogP contribution is -2.56. The molecule has 0 unspecified atom stereocenters. The molecule has 0 spiro atoms. The van der Waals surface area contributed by atoms with Crippen molar-refractivity contribution in [2.24, 2.45) is 10.8 Å². The van der Waals surface area contributed by atoms with Gasteiger partial charge >= 0.3 is 11.9 Å². The van der Waals surface area contributed by atoms with E-state index in [1.165, 1.54) is 12.5 Å². The number of aliphatic hydroxyl groups is 1. The van der Waals surface area contributed by atoms with Crippen LogP contribution >= 0.6 is 0 Å². The van der Waals surface area contributed by atoms with Crippen molar-refractivity contribution in [1.29, 1.82) is 0 Å². The van der Waals surface area contributed by atoms with E-state index in [9.17, 15) is 14.7 Å². The van der Waals surface area contributed by atoms with Crippen LogP contribution in [-0.4, -0.2) is 40.5 Å². The van der Waals surface area contributed by atoms with Gasteiger partial charge in [0.1, 0.15) is 17.5 Å². The van der Waals surface area contributed by atoms with Gasteiger partial charge in [-0.25, -0.2) is 4.79 Å². The summed E-state index contributed by atoms with van der Waals surface area (Å²) in [6.45, 7) is 17.8. The summed E-state index contributed by atoms with van der Waals surface area (Å²) in [6.07, 6.45) is 21.7. The number of cyclic esters (lactones) is 1. The Balaban J connectivity index is 1.35. The van der Waals surface area contributed by atoms with E-state index >= 15 is 0 Å². The fourth-order valence-corrected chi connectivity index (χ4v) is 7.37. The van der Waals surface area contributed by atoms with Gasteiger partial charge in [0.25, 0.3) is 0 Å². The first-order chi connectivity index (χ1) is 20.9. The molecule has 2 bridgehead atoms. The summed E-state index contributed by atoms with van der Waals surface area (Å²) in [7, 11) is 0. The first kappa shape index (κ1) is 34.2. The van der Waals surface area contributed by atoms with Gasteiger partial charge in [-0.3, -0.25) is 4.79 Å². The second kappa shape index (κ2) is 13.0. The second-order valence-electron chi connectivity index (χ2n) is 14.4. The lowest BCUT2D eigenvalue weighted by atomic mass is 9.61. The van der Waals surface area contributed by atoms with Crippen LogP contribution in [-0.2, 0) is 23.8 Å². The predicted octanol–water partition coefficient (Wildman–Crippen LogP) is 7.69. The molecule has 4 aliphatic rings. The molecular formula is C39H48O6. The summed E-state index contributed by atoms with van der Waals surface area (Å²) in [5.74, 6) is 6.46. The normalized spacial score (nSPS) is 32.1. The first-order valence-corrected chi connectivity index (χ1v) is 15.8. The van der Waals surface area contributed by atoms with Crippen molar-refractivity contribution in [1.82, 2.24) is 0 Å². The third-order valence-corrected chi connectivity index (χ3v) is 9.26. The van der Waals surface area contributed by atoms with Gasteiger partial charge in [-0.15, -0.1) is 0 Å². The molecule has 0 aromatic carbocycles. The number of carbonyl (C=O) groups is 2. The zero-order valence-corrected chi connectivity index (χ0v) is 28.2. The summed E-state index contributed by atoms with van der Waals surface area (Å²) < 4.78 is 17.2. The number of ether oxygens (including phenoxy) is 3. The second-order valence-corrected chi connectivity index (χ2v) is 14.4. The van der Waals surface area contributed by atoms with Gasteiger partial charge < -0.3 is 19.3 Å². The molecule has 0 saturated carbocycles. The Morgan fingerprint density at radius 1 is 1.02 bits per heavy atom. The molecule has 1 N–H and O–H groups in total. The lowest BCUT2D eigenvalue weighted by molar-refractivity contribution is -0.147. The SMILES string of the molecule is CC(=O)O[C@@H]1CC(C)=C(C#C/C(C)=C/C=C/C=C/C=C(C)/C=C2C=C(/C=C/[C@@]34O[C@@H](CC3(C)C)C[C@@]4(C)O)C(=O)O/2)C(C)(C)C1. The van der Waals surface area contributed by atoms with Crippen LogP contribution in [0.15, 0.2) is 94.4 Å². The van der Waals surface area contributed by atoms with E-state index in [0.29, 0.717) is 17.8 Å². The van der Waals surface area contributed by atoms with Crippen LogP contribution in [0.4, 0.5) is 0 Å². The van der Waals surface area contributed by atoms with Crippen LogP contribution in [0.1, 0.15) is 88.0 Å². The quantitative estimate of drug-likeness (QED) is 0.180. The minimum atomic E-state index is -0.998. The summed E-state index contributed by atoms with van der Waals surface area (Å²) in [5.41, 5.74) is 2.37. The van der Waals surface area contributed by atoms with Crippen LogP contribution in [0, 0.1) is 22.7 Å². The average molecular weight is 613 g/mol.